The van der Waals surface area contributed by atoms with Gasteiger partial charge >= 0.3 is 0 Å². The minimum absolute atomic E-state index is 0.0240. The van der Waals surface area contributed by atoms with Crippen LogP contribution in [-0.4, -0.2) is 82.0 Å². The number of rotatable bonds is 19. The lowest BCUT2D eigenvalue weighted by Crippen LogP contribution is -2.51. The van der Waals surface area contributed by atoms with Gasteiger partial charge in [-0.2, -0.15) is 5.26 Å². The first-order valence-corrected chi connectivity index (χ1v) is 30.4. The van der Waals surface area contributed by atoms with Crippen LogP contribution in [0.5, 0.6) is 0 Å². The second-order valence-corrected chi connectivity index (χ2v) is 27.5. The first-order valence-electron chi connectivity index (χ1n) is 23.7. The molecular weight excluding hydrogens is 986 g/mol. The van der Waals surface area contributed by atoms with Gasteiger partial charge in [-0.05, 0) is 88.5 Å². The van der Waals surface area contributed by atoms with Gasteiger partial charge in [-0.25, -0.2) is 19.6 Å². The zero-order valence-electron chi connectivity index (χ0n) is 42.4. The fourth-order valence-electron chi connectivity index (χ4n) is 8.34. The lowest BCUT2D eigenvalue weighted by Gasteiger charge is -2.43. The Labute approximate surface area is 434 Å². The number of carbonyl (C=O) groups is 1. The van der Waals surface area contributed by atoms with Gasteiger partial charge in [0, 0.05) is 48.9 Å². The smallest absolute Gasteiger partial charge is 0.259 e. The Morgan fingerprint density at radius 1 is 0.859 bits per heavy atom. The third-order valence-corrected chi connectivity index (χ3v) is 19.5. The molecule has 13 nitrogen and oxygen atoms in total. The van der Waals surface area contributed by atoms with E-state index in [4.69, 9.17) is 32.9 Å². The minimum atomic E-state index is -2.62. The number of fused-ring (bicyclic) bond motifs is 1. The average Bonchev–Trinajstić information content (AvgIpc) is 3.91. The molecule has 2 aromatic heterocycles. The Kier molecular flexibility index (Phi) is 19.6. The van der Waals surface area contributed by atoms with Crippen molar-refractivity contribution in [2.75, 3.05) is 18.5 Å². The molecule has 1 N–H and O–H groups in total. The summed E-state index contributed by atoms with van der Waals surface area (Å²) in [6, 6.07) is 38.6. The number of ether oxygens (including phenoxy) is 2. The van der Waals surface area contributed by atoms with Crippen LogP contribution in [0.4, 0.5) is 5.82 Å². The molecular formula is C53H66N7O6PS3Si. The molecule has 376 valence electrons. The molecule has 18 heteroatoms. The van der Waals surface area contributed by atoms with Crippen LogP contribution in [0.3, 0.4) is 0 Å². The van der Waals surface area contributed by atoms with Gasteiger partial charge in [0.2, 0.25) is 0 Å². The van der Waals surface area contributed by atoms with Gasteiger partial charge in [-0.3, -0.25) is 9.36 Å². The maximum Gasteiger partial charge on any atom is 0.259 e. The van der Waals surface area contributed by atoms with Gasteiger partial charge in [0.05, 0.1) is 32.0 Å². The fraction of sp³-hybridized carbons (Fsp3) is 0.415. The summed E-state index contributed by atoms with van der Waals surface area (Å²) >= 11 is 8.25. The summed E-state index contributed by atoms with van der Waals surface area (Å²) in [6.45, 7) is 24.0. The van der Waals surface area contributed by atoms with Crippen molar-refractivity contribution in [3.05, 3.63) is 155 Å². The Bertz CT molecular complexity index is 2700. The lowest BCUT2D eigenvalue weighted by molar-refractivity contribution is -0.0927. The Morgan fingerprint density at radius 3 is 1.94 bits per heavy atom. The predicted molar refractivity (Wildman–Crippen MR) is 293 cm³/mol. The minimum Gasteiger partial charge on any atom is -0.408 e. The maximum atomic E-state index is 13.5. The molecule has 1 aliphatic rings. The van der Waals surface area contributed by atoms with Crippen LogP contribution in [0.15, 0.2) is 122 Å². The number of hydrogen-bond donors (Lipinski definition) is 1. The van der Waals surface area contributed by atoms with E-state index < -0.39 is 47.0 Å². The molecule has 2 unspecified atom stereocenters. The van der Waals surface area contributed by atoms with Crippen molar-refractivity contribution < 1.29 is 27.7 Å². The van der Waals surface area contributed by atoms with E-state index in [-0.39, 0.29) is 48.5 Å². The van der Waals surface area contributed by atoms with E-state index in [1.165, 1.54) is 6.33 Å². The van der Waals surface area contributed by atoms with Crippen molar-refractivity contribution in [2.24, 2.45) is 0 Å². The van der Waals surface area contributed by atoms with Crippen molar-refractivity contribution >= 4 is 71.0 Å². The molecule has 0 saturated carbocycles. The summed E-state index contributed by atoms with van der Waals surface area (Å²) in [7, 11) is -3.50. The topological polar surface area (TPSA) is 146 Å². The molecule has 71 heavy (non-hydrogen) atoms. The molecule has 7 rings (SSSR count). The Hall–Kier alpha value is -4.54. The summed E-state index contributed by atoms with van der Waals surface area (Å²) in [4.78, 5) is 27.5. The summed E-state index contributed by atoms with van der Waals surface area (Å²) < 4.78 is 40.6. The van der Waals surface area contributed by atoms with E-state index in [1.807, 2.05) is 41.0 Å². The van der Waals surface area contributed by atoms with Crippen LogP contribution in [0.2, 0.25) is 18.1 Å². The third kappa shape index (κ3) is 13.2. The fourth-order valence-corrected chi connectivity index (χ4v) is 11.4. The summed E-state index contributed by atoms with van der Waals surface area (Å²) in [5.74, 6) is -0.0751. The van der Waals surface area contributed by atoms with Crippen LogP contribution < -0.4 is 5.32 Å². The molecule has 1 saturated heterocycles. The highest BCUT2D eigenvalue weighted by Crippen LogP contribution is 2.53. The molecule has 4 aromatic carbocycles. The van der Waals surface area contributed by atoms with Gasteiger partial charge < -0.3 is 28.3 Å². The van der Waals surface area contributed by atoms with E-state index in [0.29, 0.717) is 16.7 Å². The molecule has 3 heterocycles. The van der Waals surface area contributed by atoms with Crippen LogP contribution in [-0.2, 0) is 59.8 Å². The quantitative estimate of drug-likeness (QED) is 0.0356. The first-order chi connectivity index (χ1) is 33.9. The van der Waals surface area contributed by atoms with E-state index in [9.17, 15) is 10.1 Å². The van der Waals surface area contributed by atoms with Crippen molar-refractivity contribution in [2.45, 2.75) is 129 Å². The second kappa shape index (κ2) is 24.9. The van der Waals surface area contributed by atoms with Gasteiger partial charge in [-0.1, -0.05) is 129 Å². The average molecular weight is 1050 g/mol. The molecule has 1 amide bonds. The monoisotopic (exact) mass is 1050 g/mol. The molecule has 6 aromatic rings. The number of aromatic nitrogens is 4. The number of nitriles is 1. The van der Waals surface area contributed by atoms with Crippen molar-refractivity contribution in [3.63, 3.8) is 0 Å². The molecule has 0 bridgehead atoms. The van der Waals surface area contributed by atoms with Crippen LogP contribution in [0.25, 0.3) is 11.2 Å². The van der Waals surface area contributed by atoms with E-state index in [0.717, 1.165) is 36.7 Å². The normalized spacial score (nSPS) is 17.8. The number of hydrogen-bond acceptors (Lipinski definition) is 13. The van der Waals surface area contributed by atoms with Gasteiger partial charge in [0.15, 0.2) is 31.5 Å². The van der Waals surface area contributed by atoms with E-state index in [1.54, 1.807) is 18.5 Å². The molecule has 0 radical (unpaired) electrons. The van der Waals surface area contributed by atoms with Gasteiger partial charge in [-0.15, -0.1) is 0 Å². The Morgan fingerprint density at radius 2 is 1.41 bits per heavy atom. The number of anilines is 1. The van der Waals surface area contributed by atoms with Crippen molar-refractivity contribution in [1.29, 1.82) is 5.26 Å². The Balaban J connectivity index is 0.00000268. The number of amides is 1. The number of benzene rings is 4. The summed E-state index contributed by atoms with van der Waals surface area (Å²) in [5, 5.41) is 12.4. The predicted octanol–water partition coefficient (Wildman–Crippen LogP) is 11.6. The zero-order valence-corrected chi connectivity index (χ0v) is 46.8. The van der Waals surface area contributed by atoms with Crippen LogP contribution >= 0.6 is 8.53 Å². The highest BCUT2D eigenvalue weighted by atomic mass is 33.1. The standard InChI is InChI=1S/C53H66N7O6PSi.S3/c1-36(2)60(37(3)4)67(63-32-18-31-54)65-47-46(66-68(10,11)52(7,8)9)44(64-51(47)59-35-57-45-48(55-34-56-49(45)59)58-50(61)40-19-14-12-15-20-40)33-62-53(41-21-16-13-17-22-41,42-27-23-38(5)24-28-42)43-29-25-39(6)26-30-43;1-3-2/h12-17,19-30,34-37,44,46-47,51H,18,32-33H2,1-11H3,(H,55,56,58,61);/t44-,46+,47?,51-,67?;/m1./s1. The largest absolute Gasteiger partial charge is 0.408 e. The number of nitrogens with one attached hydrogen (secondary N) is 1. The molecule has 0 aliphatic carbocycles. The van der Waals surface area contributed by atoms with E-state index >= 15 is 0 Å². The number of aryl methyl sites for hydroxylation is 2. The van der Waals surface area contributed by atoms with Crippen molar-refractivity contribution in [3.8, 4) is 6.07 Å². The summed E-state index contributed by atoms with van der Waals surface area (Å²) in [5.41, 5.74) is 5.36. The second-order valence-electron chi connectivity index (χ2n) is 19.5. The SMILES string of the molecule is Cc1ccc(C(OC[C@H]2O[C@@H](n3cnc4c(NC(=O)c5ccccc5)ncnc43)C(OP(OCCC#N)N(C(C)C)C(C)C)[C@H]2O[Si](C)(C)C(C)(C)C)(c2ccccc2)c2ccc(C)cc2)cc1.S=S=S. The van der Waals surface area contributed by atoms with E-state index in [2.05, 4.69) is 179 Å². The van der Waals surface area contributed by atoms with Crippen LogP contribution in [0.1, 0.15) is 99.3 Å². The number of imidazole rings is 1. The zero-order chi connectivity index (χ0) is 51.5. The molecule has 1 fully saturated rings. The van der Waals surface area contributed by atoms with Crippen molar-refractivity contribution in [1.82, 2.24) is 24.2 Å². The van der Waals surface area contributed by atoms with Gasteiger partial charge in [0.1, 0.15) is 30.2 Å². The maximum absolute atomic E-state index is 13.5. The highest BCUT2D eigenvalue weighted by Gasteiger charge is 2.54. The molecule has 5 atom stereocenters. The summed E-state index contributed by atoms with van der Waals surface area (Å²) in [6.07, 6.45) is 0.142. The first kappa shape index (κ1) is 55.8. The lowest BCUT2D eigenvalue weighted by atomic mass is 9.79. The molecule has 1 aliphatic heterocycles. The van der Waals surface area contributed by atoms with Gasteiger partial charge in [0.25, 0.3) is 14.4 Å². The third-order valence-electron chi connectivity index (χ3n) is 12.9. The number of carbonyl (C=O) groups excluding carboxylic acids is 1. The number of nitrogens with zero attached hydrogens (tertiary/aromatic N) is 6. The highest BCUT2D eigenvalue weighted by molar-refractivity contribution is 8.37. The molecule has 0 spiro atoms. The van der Waals surface area contributed by atoms with Crippen LogP contribution in [0, 0.1) is 25.2 Å².